The highest BCUT2D eigenvalue weighted by Crippen LogP contribution is 2.29. The molecule has 1 aliphatic rings. The number of anilines is 1. The summed E-state index contributed by atoms with van der Waals surface area (Å²) in [6, 6.07) is 5.25. The fourth-order valence-electron chi connectivity index (χ4n) is 3.09. The van der Waals surface area contributed by atoms with Crippen molar-refractivity contribution in [3.05, 3.63) is 28.2 Å². The molecule has 0 saturated carbocycles. The van der Waals surface area contributed by atoms with Crippen LogP contribution < -0.4 is 10.2 Å². The molecule has 1 aromatic carbocycles. The Bertz CT molecular complexity index is 483. The van der Waals surface area contributed by atoms with E-state index in [4.69, 9.17) is 23.2 Å². The van der Waals surface area contributed by atoms with Crippen molar-refractivity contribution < 1.29 is 9.69 Å². The van der Waals surface area contributed by atoms with E-state index in [1.165, 1.54) is 11.3 Å². The Balaban J connectivity index is 1.94. The van der Waals surface area contributed by atoms with Crippen LogP contribution in [0.4, 0.5) is 5.69 Å². The summed E-state index contributed by atoms with van der Waals surface area (Å²) in [5.74, 6) is 1.35. The lowest BCUT2D eigenvalue weighted by molar-refractivity contribution is -0.904. The average Bonchev–Trinajstić information content (AvgIpc) is 2.33. The Morgan fingerprint density at radius 1 is 1.30 bits per heavy atom. The molecule has 110 valence electrons. The van der Waals surface area contributed by atoms with Crippen molar-refractivity contribution in [1.82, 2.24) is 0 Å². The van der Waals surface area contributed by atoms with Gasteiger partial charge in [-0.25, -0.2) is 0 Å². The van der Waals surface area contributed by atoms with Gasteiger partial charge in [0, 0.05) is 11.8 Å². The molecular weight excluding hydrogens is 295 g/mol. The van der Waals surface area contributed by atoms with Gasteiger partial charge in [0.05, 0.1) is 28.8 Å². The van der Waals surface area contributed by atoms with Crippen LogP contribution in [0.3, 0.4) is 0 Å². The van der Waals surface area contributed by atoms with Crippen molar-refractivity contribution in [2.45, 2.75) is 20.3 Å². The van der Waals surface area contributed by atoms with Crippen LogP contribution in [-0.2, 0) is 4.79 Å². The van der Waals surface area contributed by atoms with Gasteiger partial charge in [-0.15, -0.1) is 0 Å². The average molecular weight is 316 g/mol. The molecular formula is C15H21Cl2N2O+. The molecule has 0 bridgehead atoms. The monoisotopic (exact) mass is 315 g/mol. The number of quaternary nitrogens is 1. The zero-order valence-electron chi connectivity index (χ0n) is 11.9. The Labute approximate surface area is 130 Å². The summed E-state index contributed by atoms with van der Waals surface area (Å²) in [6.07, 6.45) is 1.26. The normalized spacial score (nSPS) is 26.3. The van der Waals surface area contributed by atoms with Crippen LogP contribution in [0.2, 0.25) is 10.0 Å². The third-order valence-electron chi connectivity index (χ3n) is 3.72. The molecule has 1 heterocycles. The van der Waals surface area contributed by atoms with Gasteiger partial charge in [0.15, 0.2) is 6.54 Å². The summed E-state index contributed by atoms with van der Waals surface area (Å²) < 4.78 is 0. The topological polar surface area (TPSA) is 33.5 Å². The van der Waals surface area contributed by atoms with Crippen LogP contribution in [0.1, 0.15) is 20.3 Å². The number of benzene rings is 1. The van der Waals surface area contributed by atoms with Crippen molar-refractivity contribution in [1.29, 1.82) is 0 Å². The molecule has 0 radical (unpaired) electrons. The van der Waals surface area contributed by atoms with Crippen LogP contribution >= 0.6 is 23.2 Å². The summed E-state index contributed by atoms with van der Waals surface area (Å²) in [4.78, 5) is 13.5. The van der Waals surface area contributed by atoms with E-state index >= 15 is 0 Å². The first-order valence-electron chi connectivity index (χ1n) is 7.03. The zero-order valence-corrected chi connectivity index (χ0v) is 13.4. The molecule has 0 aliphatic carbocycles. The van der Waals surface area contributed by atoms with Gasteiger partial charge in [0.2, 0.25) is 0 Å². The Hall–Kier alpha value is -0.770. The Kier molecular flexibility index (Phi) is 5.30. The maximum atomic E-state index is 12.1. The molecule has 5 heteroatoms. The van der Waals surface area contributed by atoms with Gasteiger partial charge in [0.25, 0.3) is 5.91 Å². The molecule has 1 aliphatic heterocycles. The quantitative estimate of drug-likeness (QED) is 0.883. The molecule has 2 rings (SSSR count). The number of rotatable bonds is 3. The lowest BCUT2D eigenvalue weighted by Gasteiger charge is -2.31. The number of carbonyl (C=O) groups excluding carboxylic acids is 1. The van der Waals surface area contributed by atoms with Gasteiger partial charge < -0.3 is 10.2 Å². The Morgan fingerprint density at radius 3 is 2.60 bits per heavy atom. The summed E-state index contributed by atoms with van der Waals surface area (Å²) in [5.41, 5.74) is 0.585. The van der Waals surface area contributed by atoms with Crippen molar-refractivity contribution in [3.63, 3.8) is 0 Å². The summed E-state index contributed by atoms with van der Waals surface area (Å²) >= 11 is 12.0. The van der Waals surface area contributed by atoms with Crippen LogP contribution in [0.15, 0.2) is 18.2 Å². The molecule has 1 saturated heterocycles. The van der Waals surface area contributed by atoms with E-state index in [0.29, 0.717) is 34.1 Å². The van der Waals surface area contributed by atoms with E-state index in [2.05, 4.69) is 19.2 Å². The van der Waals surface area contributed by atoms with Crippen LogP contribution in [0.25, 0.3) is 0 Å². The SMILES string of the molecule is C[C@H]1C[C@H](C)C[NH+](CC(=O)Nc2cccc(Cl)c2Cl)C1. The lowest BCUT2D eigenvalue weighted by atomic mass is 9.92. The van der Waals surface area contributed by atoms with E-state index in [1.807, 2.05) is 0 Å². The number of halogens is 2. The number of hydrogen-bond donors (Lipinski definition) is 2. The van der Waals surface area contributed by atoms with Crippen molar-refractivity contribution >= 4 is 34.8 Å². The first-order valence-corrected chi connectivity index (χ1v) is 7.78. The van der Waals surface area contributed by atoms with Gasteiger partial charge in [-0.3, -0.25) is 4.79 Å². The highest BCUT2D eigenvalue weighted by atomic mass is 35.5. The van der Waals surface area contributed by atoms with Gasteiger partial charge in [0.1, 0.15) is 0 Å². The minimum Gasteiger partial charge on any atom is -0.327 e. The predicted octanol–water partition coefficient (Wildman–Crippen LogP) is 2.49. The largest absolute Gasteiger partial charge is 0.327 e. The van der Waals surface area contributed by atoms with Gasteiger partial charge in [-0.1, -0.05) is 43.1 Å². The van der Waals surface area contributed by atoms with E-state index < -0.39 is 0 Å². The minimum absolute atomic E-state index is 0.00883. The third-order valence-corrected chi connectivity index (χ3v) is 4.53. The number of amides is 1. The number of carbonyl (C=O) groups is 1. The molecule has 0 unspecified atom stereocenters. The van der Waals surface area contributed by atoms with Gasteiger partial charge in [-0.2, -0.15) is 0 Å². The summed E-state index contributed by atoms with van der Waals surface area (Å²) in [6.45, 7) is 7.10. The van der Waals surface area contributed by atoms with Crippen molar-refractivity contribution in [2.24, 2.45) is 11.8 Å². The third kappa shape index (κ3) is 4.11. The molecule has 1 fully saturated rings. The van der Waals surface area contributed by atoms with Crippen molar-refractivity contribution in [3.8, 4) is 0 Å². The molecule has 1 aromatic rings. The summed E-state index contributed by atoms with van der Waals surface area (Å²) in [7, 11) is 0. The second-order valence-electron chi connectivity index (χ2n) is 5.93. The molecule has 2 N–H and O–H groups in total. The molecule has 1 amide bonds. The molecule has 0 spiro atoms. The van der Waals surface area contributed by atoms with E-state index in [9.17, 15) is 4.79 Å². The standard InChI is InChI=1S/C15H20Cl2N2O/c1-10-6-11(2)8-19(7-10)9-14(20)18-13-5-3-4-12(16)15(13)17/h3-5,10-11H,6-9H2,1-2H3,(H,18,20)/p+1/t10-,11-/m0/s1. The van der Waals surface area contributed by atoms with Crippen molar-refractivity contribution in [2.75, 3.05) is 25.0 Å². The lowest BCUT2D eigenvalue weighted by Crippen LogP contribution is -3.15. The first kappa shape index (κ1) is 15.6. The highest BCUT2D eigenvalue weighted by molar-refractivity contribution is 6.43. The maximum absolute atomic E-state index is 12.1. The summed E-state index contributed by atoms with van der Waals surface area (Å²) in [5, 5.41) is 3.71. The van der Waals surface area contributed by atoms with E-state index in [0.717, 1.165) is 13.1 Å². The van der Waals surface area contributed by atoms with Crippen LogP contribution in [0.5, 0.6) is 0 Å². The second kappa shape index (κ2) is 6.79. The maximum Gasteiger partial charge on any atom is 0.279 e. The van der Waals surface area contributed by atoms with E-state index in [-0.39, 0.29) is 5.91 Å². The molecule has 0 aromatic heterocycles. The fraction of sp³-hybridized carbons (Fsp3) is 0.533. The highest BCUT2D eigenvalue weighted by Gasteiger charge is 2.26. The predicted molar refractivity (Wildman–Crippen MR) is 83.6 cm³/mol. The number of piperidine rings is 1. The second-order valence-corrected chi connectivity index (χ2v) is 6.72. The zero-order chi connectivity index (χ0) is 14.7. The smallest absolute Gasteiger partial charge is 0.279 e. The number of nitrogens with one attached hydrogen (secondary N) is 2. The molecule has 2 atom stereocenters. The minimum atomic E-state index is -0.00883. The van der Waals surface area contributed by atoms with E-state index in [1.54, 1.807) is 18.2 Å². The first-order chi connectivity index (χ1) is 9.45. The fourth-order valence-corrected chi connectivity index (χ4v) is 3.44. The Morgan fingerprint density at radius 2 is 1.95 bits per heavy atom. The van der Waals surface area contributed by atoms with Crippen LogP contribution in [-0.4, -0.2) is 25.5 Å². The number of likely N-dealkylation sites (tertiary alicyclic amines) is 1. The number of hydrogen-bond acceptors (Lipinski definition) is 1. The van der Waals surface area contributed by atoms with Crippen LogP contribution in [0, 0.1) is 11.8 Å². The van der Waals surface area contributed by atoms with Gasteiger partial charge >= 0.3 is 0 Å². The molecule has 20 heavy (non-hydrogen) atoms. The van der Waals surface area contributed by atoms with Gasteiger partial charge in [-0.05, 0) is 18.6 Å². The molecule has 3 nitrogen and oxygen atoms in total.